The van der Waals surface area contributed by atoms with Crippen LogP contribution in [-0.4, -0.2) is 26.1 Å². The normalized spacial score (nSPS) is 13.5. The summed E-state index contributed by atoms with van der Waals surface area (Å²) in [5, 5.41) is 0. The highest BCUT2D eigenvalue weighted by Gasteiger charge is 2.20. The van der Waals surface area contributed by atoms with Crippen molar-refractivity contribution in [2.75, 3.05) is 20.3 Å². The fourth-order valence-electron chi connectivity index (χ4n) is 1.51. The third kappa shape index (κ3) is 1.75. The minimum atomic E-state index is -0.0596. The molecule has 0 unspecified atom stereocenters. The van der Waals surface area contributed by atoms with Crippen molar-refractivity contribution in [2.45, 2.75) is 6.92 Å². The van der Waals surface area contributed by atoms with Crippen LogP contribution in [0.2, 0.25) is 0 Å². The molecule has 1 aromatic carbocycles. The van der Waals surface area contributed by atoms with E-state index in [9.17, 15) is 4.79 Å². The maximum absolute atomic E-state index is 11.4. The molecule has 0 N–H and O–H groups in total. The van der Waals surface area contributed by atoms with Gasteiger partial charge in [0.05, 0.1) is 12.7 Å². The van der Waals surface area contributed by atoms with Crippen molar-refractivity contribution in [1.29, 1.82) is 0 Å². The Balaban J connectivity index is 2.55. The topological polar surface area (TPSA) is 44.8 Å². The Morgan fingerprint density at radius 1 is 1.33 bits per heavy atom. The highest BCUT2D eigenvalue weighted by Crippen LogP contribution is 2.37. The monoisotopic (exact) mass is 208 g/mol. The van der Waals surface area contributed by atoms with Crippen molar-refractivity contribution in [3.63, 3.8) is 0 Å². The first-order valence-electron chi connectivity index (χ1n) is 4.71. The van der Waals surface area contributed by atoms with E-state index in [1.54, 1.807) is 19.2 Å². The van der Waals surface area contributed by atoms with E-state index in [4.69, 9.17) is 14.2 Å². The van der Waals surface area contributed by atoms with Crippen molar-refractivity contribution in [1.82, 2.24) is 0 Å². The maximum Gasteiger partial charge on any atom is 0.172 e. The minimum Gasteiger partial charge on any atom is -0.497 e. The second kappa shape index (κ2) is 3.81. The molecule has 0 spiro atoms. The van der Waals surface area contributed by atoms with Crippen molar-refractivity contribution in [3.05, 3.63) is 17.7 Å². The lowest BCUT2D eigenvalue weighted by molar-refractivity contribution is 0.100. The summed E-state index contributed by atoms with van der Waals surface area (Å²) in [5.74, 6) is 1.64. The Labute approximate surface area is 87.8 Å². The van der Waals surface area contributed by atoms with Crippen molar-refractivity contribution >= 4 is 5.78 Å². The lowest BCUT2D eigenvalue weighted by Gasteiger charge is -2.21. The molecule has 15 heavy (non-hydrogen) atoms. The molecule has 0 saturated carbocycles. The zero-order valence-corrected chi connectivity index (χ0v) is 8.70. The number of carbonyl (C=O) groups is 1. The van der Waals surface area contributed by atoms with Gasteiger partial charge in [-0.3, -0.25) is 4.79 Å². The van der Waals surface area contributed by atoms with E-state index in [2.05, 4.69) is 0 Å². The Kier molecular flexibility index (Phi) is 2.49. The number of hydrogen-bond acceptors (Lipinski definition) is 4. The number of carbonyl (C=O) groups excluding carboxylic acids is 1. The Hall–Kier alpha value is -1.71. The predicted molar refractivity (Wildman–Crippen MR) is 54.0 cm³/mol. The van der Waals surface area contributed by atoms with Crippen LogP contribution in [0.1, 0.15) is 17.3 Å². The van der Waals surface area contributed by atoms with Gasteiger partial charge in [0.2, 0.25) is 0 Å². The van der Waals surface area contributed by atoms with Gasteiger partial charge in [0.25, 0.3) is 0 Å². The summed E-state index contributed by atoms with van der Waals surface area (Å²) in [6, 6.07) is 3.39. The molecule has 0 aliphatic carbocycles. The fraction of sp³-hybridized carbons (Fsp3) is 0.364. The van der Waals surface area contributed by atoms with Gasteiger partial charge in [-0.15, -0.1) is 0 Å². The zero-order chi connectivity index (χ0) is 10.8. The zero-order valence-electron chi connectivity index (χ0n) is 8.70. The summed E-state index contributed by atoms with van der Waals surface area (Å²) >= 11 is 0. The third-order valence-corrected chi connectivity index (χ3v) is 2.23. The summed E-state index contributed by atoms with van der Waals surface area (Å²) in [5.41, 5.74) is 0.504. The second-order valence-electron chi connectivity index (χ2n) is 3.26. The predicted octanol–water partition coefficient (Wildman–Crippen LogP) is 1.67. The van der Waals surface area contributed by atoms with Crippen LogP contribution >= 0.6 is 0 Å². The standard InChI is InChI=1S/C11H12O4/c1-7(12)9-5-8(13-2)6-10-11(9)15-4-3-14-10/h5-6H,3-4H2,1-2H3. The molecule has 0 radical (unpaired) electrons. The number of fused-ring (bicyclic) bond motifs is 1. The van der Waals surface area contributed by atoms with Crippen LogP contribution in [0.15, 0.2) is 12.1 Å². The van der Waals surface area contributed by atoms with Gasteiger partial charge in [-0.05, 0) is 13.0 Å². The first kappa shape index (κ1) is 9.83. The van der Waals surface area contributed by atoms with Crippen LogP contribution in [0, 0.1) is 0 Å². The van der Waals surface area contributed by atoms with Gasteiger partial charge in [-0.1, -0.05) is 0 Å². The van der Waals surface area contributed by atoms with Crippen LogP contribution in [-0.2, 0) is 0 Å². The number of hydrogen-bond donors (Lipinski definition) is 0. The molecular formula is C11H12O4. The molecule has 1 aliphatic heterocycles. The molecule has 80 valence electrons. The van der Waals surface area contributed by atoms with E-state index < -0.39 is 0 Å². The molecule has 1 aromatic rings. The first-order chi connectivity index (χ1) is 7.22. The third-order valence-electron chi connectivity index (χ3n) is 2.23. The molecule has 4 nitrogen and oxygen atoms in total. The molecule has 0 atom stereocenters. The Morgan fingerprint density at radius 2 is 2.07 bits per heavy atom. The molecule has 0 aromatic heterocycles. The first-order valence-corrected chi connectivity index (χ1v) is 4.71. The number of methoxy groups -OCH3 is 1. The van der Waals surface area contributed by atoms with Crippen LogP contribution < -0.4 is 14.2 Å². The van der Waals surface area contributed by atoms with E-state index in [1.165, 1.54) is 6.92 Å². The van der Waals surface area contributed by atoms with E-state index in [0.29, 0.717) is 36.0 Å². The summed E-state index contributed by atoms with van der Waals surface area (Å²) in [6.45, 7) is 2.46. The minimum absolute atomic E-state index is 0.0596. The molecule has 0 saturated heterocycles. The molecule has 1 heterocycles. The van der Waals surface area contributed by atoms with Gasteiger partial charge in [-0.25, -0.2) is 0 Å². The highest BCUT2D eigenvalue weighted by molar-refractivity contribution is 5.98. The molecular weight excluding hydrogens is 196 g/mol. The van der Waals surface area contributed by atoms with Crippen LogP contribution in [0.3, 0.4) is 0 Å². The molecule has 0 fully saturated rings. The summed E-state index contributed by atoms with van der Waals surface area (Å²) < 4.78 is 15.9. The van der Waals surface area contributed by atoms with Crippen LogP contribution in [0.5, 0.6) is 17.2 Å². The number of ether oxygens (including phenoxy) is 3. The van der Waals surface area contributed by atoms with Crippen molar-refractivity contribution < 1.29 is 19.0 Å². The highest BCUT2D eigenvalue weighted by atomic mass is 16.6. The number of rotatable bonds is 2. The van der Waals surface area contributed by atoms with E-state index >= 15 is 0 Å². The number of ketones is 1. The van der Waals surface area contributed by atoms with Gasteiger partial charge in [-0.2, -0.15) is 0 Å². The quantitative estimate of drug-likeness (QED) is 0.693. The average molecular weight is 208 g/mol. The smallest absolute Gasteiger partial charge is 0.172 e. The lowest BCUT2D eigenvalue weighted by Crippen LogP contribution is -2.17. The van der Waals surface area contributed by atoms with Gasteiger partial charge in [0, 0.05) is 6.07 Å². The Bertz CT molecular complexity index is 398. The summed E-state index contributed by atoms with van der Waals surface area (Å²) in [7, 11) is 1.55. The largest absolute Gasteiger partial charge is 0.497 e. The van der Waals surface area contributed by atoms with Crippen molar-refractivity contribution in [3.8, 4) is 17.2 Å². The summed E-state index contributed by atoms with van der Waals surface area (Å²) in [6.07, 6.45) is 0. The lowest BCUT2D eigenvalue weighted by atomic mass is 10.1. The van der Waals surface area contributed by atoms with Gasteiger partial charge < -0.3 is 14.2 Å². The molecule has 4 heteroatoms. The molecule has 0 amide bonds. The number of Topliss-reactive ketones (excluding diaryl/α,β-unsaturated/α-hetero) is 1. The van der Waals surface area contributed by atoms with Crippen LogP contribution in [0.4, 0.5) is 0 Å². The van der Waals surface area contributed by atoms with Gasteiger partial charge in [0.15, 0.2) is 17.3 Å². The molecule has 0 bridgehead atoms. The van der Waals surface area contributed by atoms with Gasteiger partial charge >= 0.3 is 0 Å². The molecule has 1 aliphatic rings. The van der Waals surface area contributed by atoms with E-state index in [1.807, 2.05) is 0 Å². The Morgan fingerprint density at radius 3 is 2.73 bits per heavy atom. The maximum atomic E-state index is 11.4. The molecule has 2 rings (SSSR count). The van der Waals surface area contributed by atoms with E-state index in [0.717, 1.165) is 0 Å². The van der Waals surface area contributed by atoms with Gasteiger partial charge in [0.1, 0.15) is 19.0 Å². The number of benzene rings is 1. The van der Waals surface area contributed by atoms with E-state index in [-0.39, 0.29) is 5.78 Å². The summed E-state index contributed by atoms with van der Waals surface area (Å²) in [4.78, 5) is 11.4. The van der Waals surface area contributed by atoms with Crippen LogP contribution in [0.25, 0.3) is 0 Å². The average Bonchev–Trinajstić information content (AvgIpc) is 2.27. The fourth-order valence-corrected chi connectivity index (χ4v) is 1.51. The van der Waals surface area contributed by atoms with Crippen molar-refractivity contribution in [2.24, 2.45) is 0 Å². The second-order valence-corrected chi connectivity index (χ2v) is 3.26. The SMILES string of the molecule is COc1cc2c(c(C(C)=O)c1)OCCO2.